The summed E-state index contributed by atoms with van der Waals surface area (Å²) >= 11 is 0. The number of carboxylic acids is 1. The highest BCUT2D eigenvalue weighted by Gasteiger charge is 2.36. The maximum absolute atomic E-state index is 12.5. The van der Waals surface area contributed by atoms with Crippen LogP contribution in [0.1, 0.15) is 125 Å². The SMILES string of the molecule is C.CCCCC.CCN(CC)C(=O)[C@@H]1CCCN1.CCN(CC)C(=O)[C@@H]1CCCN1C(=O)OCc1ccccc1.O=C(O)C1CCCC1.O=S(=O)=O.O=S(=O)=O.O=S(=O)=O. The fourth-order valence-corrected chi connectivity index (χ4v) is 5.97. The van der Waals surface area contributed by atoms with E-state index in [9.17, 15) is 19.2 Å². The lowest BCUT2D eigenvalue weighted by atomic mass is 10.1. The Morgan fingerprint density at radius 3 is 1.48 bits per heavy atom. The number of carbonyl (C=O) groups is 4. The molecule has 348 valence electrons. The highest BCUT2D eigenvalue weighted by Crippen LogP contribution is 2.24. The van der Waals surface area contributed by atoms with Crippen molar-refractivity contribution in [3.63, 3.8) is 0 Å². The van der Waals surface area contributed by atoms with E-state index in [1.54, 1.807) is 9.80 Å². The zero-order chi connectivity index (χ0) is 45.8. The number of hydrogen-bond acceptors (Lipinski definition) is 15. The number of carboxylic acid groups (broad SMARTS) is 1. The molecule has 60 heavy (non-hydrogen) atoms. The predicted octanol–water partition coefficient (Wildman–Crippen LogP) is 4.34. The van der Waals surface area contributed by atoms with Gasteiger partial charge in [0.2, 0.25) is 11.8 Å². The van der Waals surface area contributed by atoms with Gasteiger partial charge in [0.25, 0.3) is 0 Å². The Morgan fingerprint density at radius 2 is 1.13 bits per heavy atom. The summed E-state index contributed by atoms with van der Waals surface area (Å²) in [6, 6.07) is 9.29. The molecule has 2 aliphatic heterocycles. The second-order valence-corrected chi connectivity index (χ2v) is 14.1. The minimum absolute atomic E-state index is 0. The van der Waals surface area contributed by atoms with E-state index in [2.05, 4.69) is 19.2 Å². The third kappa shape index (κ3) is 33.5. The lowest BCUT2D eigenvalue weighted by Gasteiger charge is -2.28. The van der Waals surface area contributed by atoms with Gasteiger partial charge in [-0.05, 0) is 78.3 Å². The van der Waals surface area contributed by atoms with E-state index in [0.29, 0.717) is 19.6 Å². The van der Waals surface area contributed by atoms with Gasteiger partial charge >= 0.3 is 43.9 Å². The Bertz CT molecular complexity index is 1550. The van der Waals surface area contributed by atoms with E-state index < -0.39 is 43.9 Å². The molecule has 1 aliphatic carbocycles. The second-order valence-electron chi connectivity index (χ2n) is 12.8. The monoisotopic (exact) mass is 916 g/mol. The van der Waals surface area contributed by atoms with Crippen LogP contribution in [0.5, 0.6) is 0 Å². The van der Waals surface area contributed by atoms with Crippen molar-refractivity contribution in [2.45, 2.75) is 138 Å². The Kier molecular flexibility index (Phi) is 41.7. The number of likely N-dealkylation sites (N-methyl/N-ethyl adjacent to an activating group) is 2. The van der Waals surface area contributed by atoms with Crippen LogP contribution in [0, 0.1) is 5.92 Å². The molecule has 3 amide bonds. The molecule has 2 N–H and O–H groups in total. The maximum Gasteiger partial charge on any atom is 0.425 e. The van der Waals surface area contributed by atoms with Gasteiger partial charge in [-0.3, -0.25) is 19.3 Å². The Balaban J connectivity index is -0.000000348. The van der Waals surface area contributed by atoms with Crippen LogP contribution in [0.15, 0.2) is 30.3 Å². The normalized spacial score (nSPS) is 15.7. The van der Waals surface area contributed by atoms with Crippen molar-refractivity contribution < 1.29 is 66.9 Å². The van der Waals surface area contributed by atoms with E-state index >= 15 is 0 Å². The first-order valence-corrected chi connectivity index (χ1v) is 22.7. The van der Waals surface area contributed by atoms with E-state index in [-0.39, 0.29) is 43.8 Å². The Labute approximate surface area is 360 Å². The molecule has 1 saturated carbocycles. The van der Waals surface area contributed by atoms with Crippen molar-refractivity contribution in [1.82, 2.24) is 20.0 Å². The Morgan fingerprint density at radius 1 is 0.683 bits per heavy atom. The van der Waals surface area contributed by atoms with E-state index in [0.717, 1.165) is 76.6 Å². The van der Waals surface area contributed by atoms with Crippen LogP contribution < -0.4 is 5.32 Å². The summed E-state index contributed by atoms with van der Waals surface area (Å²) in [4.78, 5) is 51.8. The predicted molar refractivity (Wildman–Crippen MR) is 224 cm³/mol. The molecule has 22 heteroatoms. The van der Waals surface area contributed by atoms with Crippen LogP contribution in [0.3, 0.4) is 0 Å². The van der Waals surface area contributed by atoms with Crippen LogP contribution >= 0.6 is 0 Å². The number of unbranched alkanes of at least 4 members (excludes halogenated alkanes) is 2. The molecule has 19 nitrogen and oxygen atoms in total. The molecule has 3 aliphatic rings. The summed E-state index contributed by atoms with van der Waals surface area (Å²) in [7, 11) is -9.33. The highest BCUT2D eigenvalue weighted by molar-refractivity contribution is 7.59. The largest absolute Gasteiger partial charge is 0.481 e. The lowest BCUT2D eigenvalue weighted by Crippen LogP contribution is -2.47. The average Bonchev–Trinajstić information content (AvgIpc) is 4.00. The number of nitrogens with one attached hydrogen (secondary N) is 1. The van der Waals surface area contributed by atoms with Gasteiger partial charge < -0.3 is 25.0 Å². The van der Waals surface area contributed by atoms with Crippen LogP contribution in [-0.4, -0.2) is 133 Å². The van der Waals surface area contributed by atoms with Crippen molar-refractivity contribution in [2.75, 3.05) is 39.3 Å². The molecule has 3 fully saturated rings. The van der Waals surface area contributed by atoms with E-state index in [4.69, 9.17) is 47.7 Å². The summed E-state index contributed by atoms with van der Waals surface area (Å²) in [5.74, 6) is -0.325. The van der Waals surface area contributed by atoms with Gasteiger partial charge in [0.15, 0.2) is 0 Å². The first-order valence-electron chi connectivity index (χ1n) is 19.7. The first-order chi connectivity index (χ1) is 27.9. The second kappa shape index (κ2) is 40.1. The maximum atomic E-state index is 12.5. The molecule has 2 atom stereocenters. The van der Waals surface area contributed by atoms with Crippen LogP contribution in [0.4, 0.5) is 4.79 Å². The van der Waals surface area contributed by atoms with Gasteiger partial charge in [-0.1, -0.05) is 83.7 Å². The fourth-order valence-electron chi connectivity index (χ4n) is 5.97. The zero-order valence-electron chi connectivity index (χ0n) is 35.1. The van der Waals surface area contributed by atoms with Crippen molar-refractivity contribution >= 4 is 55.7 Å². The molecule has 4 rings (SSSR count). The number of carbonyl (C=O) groups excluding carboxylic acids is 3. The highest BCUT2D eigenvalue weighted by atomic mass is 32.2. The van der Waals surface area contributed by atoms with Gasteiger partial charge in [0.05, 0.1) is 12.0 Å². The summed E-state index contributed by atoms with van der Waals surface area (Å²) in [6.45, 7) is 17.2. The molecule has 2 heterocycles. The van der Waals surface area contributed by atoms with Crippen molar-refractivity contribution in [3.8, 4) is 0 Å². The van der Waals surface area contributed by atoms with Crippen molar-refractivity contribution in [2.24, 2.45) is 5.92 Å². The van der Waals surface area contributed by atoms with Crippen LogP contribution in [0.2, 0.25) is 0 Å². The van der Waals surface area contributed by atoms with Crippen LogP contribution in [0.25, 0.3) is 0 Å². The molecule has 1 aromatic rings. The summed E-state index contributed by atoms with van der Waals surface area (Å²) in [5.41, 5.74) is 0.946. The molecule has 0 spiro atoms. The standard InChI is InChI=1S/C17H24N2O3.C9H18N2O.C6H10O2.C5H12.CH4.3O3S/c1-3-18(4-2)16(20)15-11-8-12-19(15)17(21)22-13-14-9-6-5-7-10-14;1-3-11(4-2)9(12)8-6-5-7-10-8;7-6(8)5-3-1-2-4-5;1-3-5-4-2;;3*1-4(2)3/h5-7,9-10,15H,3-4,8,11-13H2,1-2H3;8,10H,3-7H2,1-2H3;5H,1-4H2,(H,7,8);3-5H2,1-2H3;1H4;;;/t15-;8-;;;;;;/m00....../s1. The number of likely N-dealkylation sites (tertiary alicyclic amines) is 1. The minimum Gasteiger partial charge on any atom is -0.481 e. The molecule has 0 unspecified atom stereocenters. The third-order valence-electron chi connectivity index (χ3n) is 8.90. The molecule has 0 bridgehead atoms. The van der Waals surface area contributed by atoms with Gasteiger partial charge in [-0.15, -0.1) is 37.9 Å². The van der Waals surface area contributed by atoms with E-state index in [1.807, 2.05) is 62.9 Å². The first kappa shape index (κ1) is 62.4. The van der Waals surface area contributed by atoms with Crippen molar-refractivity contribution in [3.05, 3.63) is 35.9 Å². The summed E-state index contributed by atoms with van der Waals surface area (Å²) in [5, 5.41) is 11.6. The lowest BCUT2D eigenvalue weighted by molar-refractivity contribution is -0.141. The number of aliphatic carboxylic acids is 1. The molecule has 2 saturated heterocycles. The molecular weight excluding hydrogens is 849 g/mol. The van der Waals surface area contributed by atoms with Crippen molar-refractivity contribution in [1.29, 1.82) is 0 Å². The number of hydrogen-bond donors (Lipinski definition) is 2. The topological polar surface area (TPSA) is 273 Å². The summed E-state index contributed by atoms with van der Waals surface area (Å²) in [6.07, 6.45) is 11.4. The van der Waals surface area contributed by atoms with Gasteiger partial charge in [0, 0.05) is 32.7 Å². The quantitative estimate of drug-likeness (QED) is 0.312. The van der Waals surface area contributed by atoms with E-state index in [1.165, 1.54) is 19.3 Å². The molecule has 0 aromatic heterocycles. The zero-order valence-corrected chi connectivity index (χ0v) is 37.5. The number of nitrogens with zero attached hydrogens (tertiary/aromatic N) is 3. The number of rotatable bonds is 11. The number of amides is 3. The van der Waals surface area contributed by atoms with Gasteiger partial charge in [0.1, 0.15) is 12.6 Å². The Hall–Kier alpha value is -4.28. The number of benzene rings is 1. The fraction of sp³-hybridized carbons (Fsp3) is 0.737. The third-order valence-corrected chi connectivity index (χ3v) is 8.90. The van der Waals surface area contributed by atoms with Crippen LogP contribution in [-0.2, 0) is 57.6 Å². The molecule has 0 radical (unpaired) electrons. The van der Waals surface area contributed by atoms with Gasteiger partial charge in [-0.25, -0.2) is 4.79 Å². The molecular formula is C38H68N4O15S3. The minimum atomic E-state index is -3.11. The summed E-state index contributed by atoms with van der Waals surface area (Å²) < 4.78 is 81.4. The smallest absolute Gasteiger partial charge is 0.425 e. The van der Waals surface area contributed by atoms with Gasteiger partial charge in [-0.2, -0.15) is 0 Å². The average molecular weight is 917 g/mol. The number of ether oxygens (including phenoxy) is 1. The molecule has 1 aromatic carbocycles.